The Morgan fingerprint density at radius 3 is 2.38 bits per heavy atom. The number of nitrogens with one attached hydrogen (secondary N) is 2. The van der Waals surface area contributed by atoms with Crippen LogP contribution in [0.4, 0.5) is 23.1 Å². The minimum Gasteiger partial charge on any atom is -0.372 e. The summed E-state index contributed by atoms with van der Waals surface area (Å²) in [4.78, 5) is 6.90. The molecule has 0 radical (unpaired) electrons. The number of piperidine rings is 1. The molecule has 0 bridgehead atoms. The maximum atomic E-state index is 4.46. The van der Waals surface area contributed by atoms with Crippen LogP contribution in [-0.2, 0) is 0 Å². The summed E-state index contributed by atoms with van der Waals surface area (Å²) in [6.45, 7) is 8.56. The second-order valence-corrected chi connectivity index (χ2v) is 7.26. The fourth-order valence-corrected chi connectivity index (χ4v) is 2.84. The number of hydrogen-bond acceptors (Lipinski definition) is 6. The molecule has 24 heavy (non-hydrogen) atoms. The lowest BCUT2D eigenvalue weighted by molar-refractivity contribution is 0.578. The van der Waals surface area contributed by atoms with Crippen molar-refractivity contribution in [3.05, 3.63) is 30.5 Å². The minimum atomic E-state index is -0.0661. The maximum absolute atomic E-state index is 4.46. The largest absolute Gasteiger partial charge is 0.372 e. The zero-order valence-corrected chi connectivity index (χ0v) is 14.7. The van der Waals surface area contributed by atoms with Gasteiger partial charge in [0, 0.05) is 30.0 Å². The van der Waals surface area contributed by atoms with E-state index < -0.39 is 0 Å². The van der Waals surface area contributed by atoms with Gasteiger partial charge in [-0.1, -0.05) is 0 Å². The maximum Gasteiger partial charge on any atom is 0.249 e. The molecule has 1 aliphatic heterocycles. The van der Waals surface area contributed by atoms with E-state index >= 15 is 0 Å². The number of benzene rings is 1. The smallest absolute Gasteiger partial charge is 0.249 e. The molecule has 0 aliphatic carbocycles. The van der Waals surface area contributed by atoms with Crippen LogP contribution in [0, 0.1) is 0 Å². The van der Waals surface area contributed by atoms with Gasteiger partial charge < -0.3 is 15.5 Å². The average Bonchev–Trinajstić information content (AvgIpc) is 2.55. The van der Waals surface area contributed by atoms with Gasteiger partial charge in [-0.2, -0.15) is 10.1 Å². The standard InChI is InChI=1S/C18H26N6/c1-18(2,3)22-16-13-19-23-17(21-16)20-14-7-9-15(10-8-14)24-11-5-4-6-12-24/h7-10,13H,4-6,11-12H2,1-3H3,(H2,20,21,22,23). The van der Waals surface area contributed by atoms with E-state index in [0.717, 1.165) is 18.8 Å². The number of anilines is 4. The molecular weight excluding hydrogens is 300 g/mol. The van der Waals surface area contributed by atoms with Gasteiger partial charge in [0.2, 0.25) is 5.95 Å². The van der Waals surface area contributed by atoms with Gasteiger partial charge >= 0.3 is 0 Å². The lowest BCUT2D eigenvalue weighted by Crippen LogP contribution is -2.29. The summed E-state index contributed by atoms with van der Waals surface area (Å²) in [5.74, 6) is 1.21. The first-order chi connectivity index (χ1) is 11.5. The molecule has 0 unspecified atom stereocenters. The molecular formula is C18H26N6. The predicted molar refractivity (Wildman–Crippen MR) is 99.0 cm³/mol. The van der Waals surface area contributed by atoms with Crippen molar-refractivity contribution in [2.24, 2.45) is 0 Å². The van der Waals surface area contributed by atoms with Crippen molar-refractivity contribution in [2.75, 3.05) is 28.6 Å². The monoisotopic (exact) mass is 326 g/mol. The van der Waals surface area contributed by atoms with Crippen LogP contribution in [0.25, 0.3) is 0 Å². The minimum absolute atomic E-state index is 0.0661. The van der Waals surface area contributed by atoms with Crippen LogP contribution in [0.15, 0.2) is 30.5 Å². The highest BCUT2D eigenvalue weighted by Crippen LogP contribution is 2.23. The summed E-state index contributed by atoms with van der Waals surface area (Å²) in [6.07, 6.45) is 5.55. The van der Waals surface area contributed by atoms with E-state index in [-0.39, 0.29) is 5.54 Å². The van der Waals surface area contributed by atoms with Crippen molar-refractivity contribution < 1.29 is 0 Å². The molecule has 1 aromatic carbocycles. The topological polar surface area (TPSA) is 66.0 Å². The van der Waals surface area contributed by atoms with Gasteiger partial charge in [-0.05, 0) is 64.3 Å². The van der Waals surface area contributed by atoms with Crippen molar-refractivity contribution in [1.29, 1.82) is 0 Å². The molecule has 2 heterocycles. The SMILES string of the molecule is CC(C)(C)Nc1cnnc(Nc2ccc(N3CCCCC3)cc2)n1. The molecule has 1 aromatic heterocycles. The van der Waals surface area contributed by atoms with Gasteiger partial charge in [-0.15, -0.1) is 5.10 Å². The third-order valence-corrected chi connectivity index (χ3v) is 3.91. The first kappa shape index (κ1) is 16.5. The van der Waals surface area contributed by atoms with Crippen LogP contribution in [0.2, 0.25) is 0 Å². The Balaban J connectivity index is 1.66. The summed E-state index contributed by atoms with van der Waals surface area (Å²) < 4.78 is 0. The van der Waals surface area contributed by atoms with Crippen molar-refractivity contribution in [3.63, 3.8) is 0 Å². The number of aromatic nitrogens is 3. The zero-order valence-electron chi connectivity index (χ0n) is 14.7. The molecule has 6 heteroatoms. The van der Waals surface area contributed by atoms with Crippen molar-refractivity contribution in [2.45, 2.75) is 45.6 Å². The number of nitrogens with zero attached hydrogens (tertiary/aromatic N) is 4. The lowest BCUT2D eigenvalue weighted by atomic mass is 10.1. The van der Waals surface area contributed by atoms with E-state index in [0.29, 0.717) is 11.8 Å². The molecule has 1 saturated heterocycles. The summed E-state index contributed by atoms with van der Waals surface area (Å²) in [6, 6.07) is 8.44. The highest BCUT2D eigenvalue weighted by atomic mass is 15.3. The summed E-state index contributed by atoms with van der Waals surface area (Å²) >= 11 is 0. The number of hydrogen-bond donors (Lipinski definition) is 2. The van der Waals surface area contributed by atoms with Crippen molar-refractivity contribution >= 4 is 23.1 Å². The molecule has 0 atom stereocenters. The summed E-state index contributed by atoms with van der Waals surface area (Å²) in [5, 5.41) is 14.6. The van der Waals surface area contributed by atoms with Gasteiger partial charge in [-0.3, -0.25) is 0 Å². The van der Waals surface area contributed by atoms with Gasteiger partial charge in [0.1, 0.15) is 0 Å². The van der Waals surface area contributed by atoms with Gasteiger partial charge in [-0.25, -0.2) is 0 Å². The first-order valence-electron chi connectivity index (χ1n) is 8.60. The molecule has 2 aromatic rings. The Morgan fingerprint density at radius 2 is 1.71 bits per heavy atom. The third kappa shape index (κ3) is 4.57. The number of rotatable bonds is 4. The van der Waals surface area contributed by atoms with E-state index in [4.69, 9.17) is 0 Å². The fourth-order valence-electron chi connectivity index (χ4n) is 2.84. The summed E-state index contributed by atoms with van der Waals surface area (Å²) in [7, 11) is 0. The molecule has 6 nitrogen and oxygen atoms in total. The quantitative estimate of drug-likeness (QED) is 0.890. The molecule has 0 amide bonds. The van der Waals surface area contributed by atoms with E-state index in [9.17, 15) is 0 Å². The predicted octanol–water partition coefficient (Wildman–Crippen LogP) is 3.82. The second-order valence-electron chi connectivity index (χ2n) is 7.26. The molecule has 3 rings (SSSR count). The normalized spacial score (nSPS) is 15.2. The third-order valence-electron chi connectivity index (χ3n) is 3.91. The first-order valence-corrected chi connectivity index (χ1v) is 8.60. The Labute approximate surface area is 143 Å². The van der Waals surface area contributed by atoms with E-state index in [1.165, 1.54) is 24.9 Å². The molecule has 0 spiro atoms. The Kier molecular flexibility index (Phi) is 4.83. The summed E-state index contributed by atoms with van der Waals surface area (Å²) in [5.41, 5.74) is 2.18. The van der Waals surface area contributed by atoms with Crippen LogP contribution in [0.3, 0.4) is 0 Å². The van der Waals surface area contributed by atoms with Crippen molar-refractivity contribution in [1.82, 2.24) is 15.2 Å². The molecule has 1 fully saturated rings. The van der Waals surface area contributed by atoms with Crippen LogP contribution < -0.4 is 15.5 Å². The van der Waals surface area contributed by atoms with E-state index in [1.807, 2.05) is 0 Å². The van der Waals surface area contributed by atoms with Crippen LogP contribution >= 0.6 is 0 Å². The molecule has 1 aliphatic rings. The highest BCUT2D eigenvalue weighted by Gasteiger charge is 2.12. The Morgan fingerprint density at radius 1 is 1.00 bits per heavy atom. The Hall–Kier alpha value is -2.37. The van der Waals surface area contributed by atoms with E-state index in [2.05, 4.69) is 75.8 Å². The van der Waals surface area contributed by atoms with E-state index in [1.54, 1.807) is 6.20 Å². The lowest BCUT2D eigenvalue weighted by Gasteiger charge is -2.28. The zero-order chi connectivity index (χ0) is 17.0. The van der Waals surface area contributed by atoms with Crippen molar-refractivity contribution in [3.8, 4) is 0 Å². The second kappa shape index (κ2) is 7.03. The average molecular weight is 326 g/mol. The fraction of sp³-hybridized carbons (Fsp3) is 0.500. The van der Waals surface area contributed by atoms with Crippen LogP contribution in [-0.4, -0.2) is 33.8 Å². The van der Waals surface area contributed by atoms with Gasteiger partial charge in [0.15, 0.2) is 5.82 Å². The van der Waals surface area contributed by atoms with Crippen LogP contribution in [0.1, 0.15) is 40.0 Å². The molecule has 128 valence electrons. The molecule has 0 saturated carbocycles. The molecule has 2 N–H and O–H groups in total. The Bertz CT molecular complexity index is 656. The highest BCUT2D eigenvalue weighted by molar-refractivity contribution is 5.59. The van der Waals surface area contributed by atoms with Crippen LogP contribution in [0.5, 0.6) is 0 Å². The van der Waals surface area contributed by atoms with Gasteiger partial charge in [0.05, 0.1) is 6.20 Å². The van der Waals surface area contributed by atoms with Gasteiger partial charge in [0.25, 0.3) is 0 Å².